The first kappa shape index (κ1) is 30.8. The Balaban J connectivity index is 1.39. The number of carbonyl (C=O) groups is 1. The van der Waals surface area contributed by atoms with E-state index < -0.39 is 27.1 Å². The number of hydrogen-bond acceptors (Lipinski definition) is 6. The molecule has 1 saturated carbocycles. The fourth-order valence-electron chi connectivity index (χ4n) is 6.44. The smallest absolute Gasteiger partial charge is 0.354 e. The maximum absolute atomic E-state index is 15.2. The Morgan fingerprint density at radius 1 is 1.21 bits per heavy atom. The van der Waals surface area contributed by atoms with Gasteiger partial charge in [0.25, 0.3) is 0 Å². The van der Waals surface area contributed by atoms with Crippen molar-refractivity contribution in [3.05, 3.63) is 63.6 Å². The van der Waals surface area contributed by atoms with Gasteiger partial charge in [-0.3, -0.25) is 0 Å². The van der Waals surface area contributed by atoms with E-state index in [4.69, 9.17) is 21.5 Å². The molecule has 3 N–H and O–H groups in total. The molecule has 42 heavy (non-hydrogen) atoms. The van der Waals surface area contributed by atoms with Gasteiger partial charge in [-0.15, -0.1) is 0 Å². The minimum atomic E-state index is -3.57. The first-order valence-corrected chi connectivity index (χ1v) is 16.7. The number of nitrogens with two attached hydrogens (primary N) is 1. The van der Waals surface area contributed by atoms with Gasteiger partial charge in [-0.25, -0.2) is 27.7 Å². The van der Waals surface area contributed by atoms with E-state index in [9.17, 15) is 18.3 Å². The topological polar surface area (TPSA) is 123 Å². The number of nitrogens with zero attached hydrogens (tertiary/aromatic N) is 2. The summed E-state index contributed by atoms with van der Waals surface area (Å²) < 4.78 is 44.9. The van der Waals surface area contributed by atoms with Gasteiger partial charge < -0.3 is 14.7 Å². The van der Waals surface area contributed by atoms with Gasteiger partial charge in [0.1, 0.15) is 5.82 Å². The Hall–Kier alpha value is -2.69. The number of hydrogen-bond donors (Lipinski definition) is 2. The number of benzene rings is 1. The van der Waals surface area contributed by atoms with Gasteiger partial charge in [-0.1, -0.05) is 36.2 Å². The predicted octanol–water partition coefficient (Wildman–Crippen LogP) is 5.97. The molecule has 1 aromatic carbocycles. The Bertz CT molecular complexity index is 1480. The number of carboxylic acid groups (broad SMARTS) is 1. The molecular weight excluding hydrogens is 581 g/mol. The van der Waals surface area contributed by atoms with Crippen molar-refractivity contribution in [1.82, 2.24) is 4.98 Å². The molecular formula is C31H39ClFN3O5S. The van der Waals surface area contributed by atoms with Gasteiger partial charge in [0.2, 0.25) is 10.0 Å². The van der Waals surface area contributed by atoms with E-state index in [1.165, 1.54) is 11.6 Å². The molecule has 0 spiro atoms. The van der Waals surface area contributed by atoms with Crippen LogP contribution in [0.25, 0.3) is 0 Å². The summed E-state index contributed by atoms with van der Waals surface area (Å²) in [6.07, 6.45) is 8.11. The van der Waals surface area contributed by atoms with Crippen LogP contribution in [0.2, 0.25) is 5.02 Å². The minimum Gasteiger partial charge on any atom is -0.490 e. The number of aromatic carboxylic acids is 1. The van der Waals surface area contributed by atoms with Crippen LogP contribution in [0.3, 0.4) is 0 Å². The molecule has 0 radical (unpaired) electrons. The monoisotopic (exact) mass is 619 g/mol. The van der Waals surface area contributed by atoms with E-state index in [2.05, 4.69) is 11.1 Å². The number of rotatable bonds is 8. The molecule has 1 fully saturated rings. The van der Waals surface area contributed by atoms with Gasteiger partial charge in [-0.05, 0) is 105 Å². The fraction of sp³-hybridized carbons (Fsp3) is 0.548. The number of fused-ring (bicyclic) bond motifs is 2. The van der Waals surface area contributed by atoms with Gasteiger partial charge in [0.05, 0.1) is 16.9 Å². The van der Waals surface area contributed by atoms with Crippen LogP contribution in [0.15, 0.2) is 35.9 Å². The molecule has 5 atom stereocenters. The van der Waals surface area contributed by atoms with Crippen LogP contribution in [0, 0.1) is 29.5 Å². The van der Waals surface area contributed by atoms with Gasteiger partial charge in [0.15, 0.2) is 17.3 Å². The lowest BCUT2D eigenvalue weighted by molar-refractivity contribution is 0.0690. The van der Waals surface area contributed by atoms with Crippen LogP contribution < -0.4 is 14.8 Å². The van der Waals surface area contributed by atoms with E-state index in [1.54, 1.807) is 19.1 Å². The second kappa shape index (κ2) is 12.5. The molecule has 2 aromatic rings. The average molecular weight is 620 g/mol. The summed E-state index contributed by atoms with van der Waals surface area (Å²) in [5, 5.41) is 14.6. The average Bonchev–Trinajstić information content (AvgIpc) is 2.94. The third kappa shape index (κ3) is 6.60. The normalized spacial score (nSPS) is 24.0. The molecule has 5 rings (SSSR count). The van der Waals surface area contributed by atoms with E-state index in [-0.39, 0.29) is 22.6 Å². The summed E-state index contributed by atoms with van der Waals surface area (Å²) in [5.74, 6) is 0.394. The number of primary sulfonamides is 1. The van der Waals surface area contributed by atoms with Gasteiger partial charge >= 0.3 is 5.97 Å². The molecule has 3 aliphatic rings. The first-order chi connectivity index (χ1) is 19.9. The van der Waals surface area contributed by atoms with E-state index in [0.717, 1.165) is 37.7 Å². The van der Waals surface area contributed by atoms with E-state index >= 15 is 4.39 Å². The number of carboxylic acids is 1. The van der Waals surface area contributed by atoms with E-state index in [1.807, 2.05) is 17.9 Å². The van der Waals surface area contributed by atoms with Crippen molar-refractivity contribution in [2.75, 3.05) is 18.1 Å². The van der Waals surface area contributed by atoms with Crippen molar-refractivity contribution in [1.29, 1.82) is 0 Å². The number of allylic oxidation sites excluding steroid dienone is 2. The van der Waals surface area contributed by atoms with E-state index in [0.29, 0.717) is 61.5 Å². The summed E-state index contributed by atoms with van der Waals surface area (Å²) in [6.45, 7) is 5.01. The number of pyridine rings is 1. The molecule has 11 heteroatoms. The lowest BCUT2D eigenvalue weighted by Gasteiger charge is -2.43. The largest absolute Gasteiger partial charge is 0.490 e. The molecule has 0 unspecified atom stereocenters. The molecule has 2 aliphatic carbocycles. The molecule has 0 saturated heterocycles. The highest BCUT2D eigenvalue weighted by molar-refractivity contribution is 7.89. The zero-order valence-electron chi connectivity index (χ0n) is 24.1. The second-order valence-electron chi connectivity index (χ2n) is 12.2. The zero-order valence-corrected chi connectivity index (χ0v) is 25.6. The third-order valence-corrected chi connectivity index (χ3v) is 11.3. The summed E-state index contributed by atoms with van der Waals surface area (Å²) in [4.78, 5) is 18.4. The molecule has 1 aliphatic heterocycles. The Labute approximate surface area is 252 Å². The second-order valence-corrected chi connectivity index (χ2v) is 14.5. The Morgan fingerprint density at radius 2 is 1.95 bits per heavy atom. The van der Waals surface area contributed by atoms with Crippen molar-refractivity contribution in [3.8, 4) is 5.75 Å². The maximum atomic E-state index is 15.2. The highest BCUT2D eigenvalue weighted by Crippen LogP contribution is 2.46. The molecule has 2 heterocycles. The SMILES string of the molecule is C[C@H]([C@@H](C)S(N)(=O)=O)[C@H]1C=C(C[C@@H]2CC[C@H]2CN2Cc3ccc(Cl)c(F)c3CCCCOc3ccc(C(=O)O)nc32)C1. The minimum absolute atomic E-state index is 0.0426. The highest BCUT2D eigenvalue weighted by Gasteiger charge is 2.38. The first-order valence-electron chi connectivity index (χ1n) is 14.7. The number of sulfonamides is 1. The molecule has 8 nitrogen and oxygen atoms in total. The van der Waals surface area contributed by atoms with Crippen molar-refractivity contribution in [2.24, 2.45) is 28.8 Å². The van der Waals surface area contributed by atoms with Crippen LogP contribution in [0.1, 0.15) is 74.0 Å². The summed E-state index contributed by atoms with van der Waals surface area (Å²) in [7, 11) is -3.57. The predicted molar refractivity (Wildman–Crippen MR) is 161 cm³/mol. The van der Waals surface area contributed by atoms with Crippen molar-refractivity contribution < 1.29 is 27.4 Å². The van der Waals surface area contributed by atoms with Crippen LogP contribution in [-0.2, 0) is 23.0 Å². The number of aromatic nitrogens is 1. The number of ether oxygens (including phenoxy) is 1. The fourth-order valence-corrected chi connectivity index (χ4v) is 7.42. The summed E-state index contributed by atoms with van der Waals surface area (Å²) in [6, 6.07) is 6.56. The number of halogens is 2. The van der Waals surface area contributed by atoms with Crippen LogP contribution in [0.5, 0.6) is 5.75 Å². The molecule has 0 amide bonds. The van der Waals surface area contributed by atoms with Crippen molar-refractivity contribution >= 4 is 33.4 Å². The quantitative estimate of drug-likeness (QED) is 0.349. The van der Waals surface area contributed by atoms with Gasteiger partial charge in [-0.2, -0.15) is 0 Å². The Morgan fingerprint density at radius 3 is 2.62 bits per heavy atom. The molecule has 0 bridgehead atoms. The van der Waals surface area contributed by atoms with Crippen molar-refractivity contribution in [3.63, 3.8) is 0 Å². The standard InChI is InChI=1S/C31H39ClFN3O5S/c1-18(19(2)42(34,39)40)24-14-20(15-24)13-21-6-7-22(21)16-36-17-23-8-9-26(32)29(33)25(23)5-3-4-12-41-28-11-10-27(31(37)38)35-30(28)36/h8-11,14,18-19,21-22,24H,3-7,12-13,15-17H2,1-2H3,(H,37,38)(H2,34,39,40)/t18-,19-,21+,22+,24+/m1/s1. The highest BCUT2D eigenvalue weighted by atomic mass is 35.5. The number of anilines is 1. The van der Waals surface area contributed by atoms with Crippen LogP contribution >= 0.6 is 11.6 Å². The third-order valence-electron chi connectivity index (χ3n) is 9.53. The lowest BCUT2D eigenvalue weighted by atomic mass is 9.66. The van der Waals surface area contributed by atoms with Crippen molar-refractivity contribution in [2.45, 2.75) is 70.6 Å². The van der Waals surface area contributed by atoms with Crippen LogP contribution in [-0.4, -0.2) is 42.9 Å². The van der Waals surface area contributed by atoms with Gasteiger partial charge in [0, 0.05) is 13.1 Å². The van der Waals surface area contributed by atoms with Crippen LogP contribution in [0.4, 0.5) is 10.2 Å². The molecule has 1 aromatic heterocycles. The lowest BCUT2D eigenvalue weighted by Crippen LogP contribution is -2.40. The maximum Gasteiger partial charge on any atom is 0.354 e. The zero-order chi connectivity index (χ0) is 30.2. The molecule has 228 valence electrons. The summed E-state index contributed by atoms with van der Waals surface area (Å²) in [5.41, 5.74) is 2.67. The Kier molecular flexibility index (Phi) is 9.16. The summed E-state index contributed by atoms with van der Waals surface area (Å²) >= 11 is 6.16.